The number of pyridine rings is 1. The van der Waals surface area contributed by atoms with Crippen LogP contribution in [0, 0.1) is 12.3 Å². The van der Waals surface area contributed by atoms with E-state index in [1.165, 1.54) is 0 Å². The van der Waals surface area contributed by atoms with Crippen LogP contribution in [-0.4, -0.2) is 34.0 Å². The molecule has 1 fully saturated rings. The first kappa shape index (κ1) is 14.0. The van der Waals surface area contributed by atoms with E-state index in [4.69, 9.17) is 0 Å². The van der Waals surface area contributed by atoms with E-state index in [0.717, 1.165) is 37.3 Å². The van der Waals surface area contributed by atoms with Crippen molar-refractivity contribution in [1.29, 1.82) is 0 Å². The summed E-state index contributed by atoms with van der Waals surface area (Å²) in [6.45, 7) is 6.30. The second kappa shape index (κ2) is 5.70. The fourth-order valence-corrected chi connectivity index (χ4v) is 2.89. The molecule has 2 rings (SSSR count). The Balaban J connectivity index is 2.07. The highest BCUT2D eigenvalue weighted by Crippen LogP contribution is 2.34. The monoisotopic (exact) mass is 262 g/mol. The summed E-state index contributed by atoms with van der Waals surface area (Å²) in [6.07, 6.45) is 2.43. The van der Waals surface area contributed by atoms with Crippen molar-refractivity contribution in [3.63, 3.8) is 0 Å². The van der Waals surface area contributed by atoms with Crippen molar-refractivity contribution < 1.29 is 9.90 Å². The molecule has 0 saturated carbocycles. The van der Waals surface area contributed by atoms with E-state index < -0.39 is 11.4 Å². The van der Waals surface area contributed by atoms with Crippen LogP contribution in [0.4, 0.5) is 0 Å². The third-order valence-electron chi connectivity index (χ3n) is 4.12. The van der Waals surface area contributed by atoms with Gasteiger partial charge in [0.05, 0.1) is 11.1 Å². The molecule has 0 amide bonds. The quantitative estimate of drug-likeness (QED) is 0.905. The lowest BCUT2D eigenvalue weighted by molar-refractivity contribution is -0.153. The van der Waals surface area contributed by atoms with Gasteiger partial charge >= 0.3 is 5.97 Å². The van der Waals surface area contributed by atoms with Gasteiger partial charge in [0.15, 0.2) is 0 Å². The highest BCUT2D eigenvalue weighted by atomic mass is 16.4. The summed E-state index contributed by atoms with van der Waals surface area (Å²) in [6, 6.07) is 6.00. The maximum atomic E-state index is 11.5. The number of aromatic nitrogens is 1. The first-order valence-corrected chi connectivity index (χ1v) is 6.94. The van der Waals surface area contributed by atoms with Crippen molar-refractivity contribution in [3.05, 3.63) is 29.6 Å². The molecular weight excluding hydrogens is 240 g/mol. The van der Waals surface area contributed by atoms with Crippen LogP contribution in [0.15, 0.2) is 18.2 Å². The number of aliphatic carboxylic acids is 1. The fourth-order valence-electron chi connectivity index (χ4n) is 2.89. The number of carboxylic acid groups (broad SMARTS) is 1. The van der Waals surface area contributed by atoms with E-state index in [9.17, 15) is 9.90 Å². The second-order valence-electron chi connectivity index (χ2n) is 5.52. The summed E-state index contributed by atoms with van der Waals surface area (Å²) < 4.78 is 0. The number of nitrogens with zero attached hydrogens (tertiary/aromatic N) is 2. The molecule has 1 aliphatic heterocycles. The third kappa shape index (κ3) is 3.13. The zero-order chi connectivity index (χ0) is 13.9. The number of aryl methyl sites for hydroxylation is 1. The van der Waals surface area contributed by atoms with E-state index in [2.05, 4.69) is 9.88 Å². The van der Waals surface area contributed by atoms with E-state index in [-0.39, 0.29) is 0 Å². The van der Waals surface area contributed by atoms with Crippen molar-refractivity contribution >= 4 is 5.97 Å². The van der Waals surface area contributed by atoms with Gasteiger partial charge in [-0.15, -0.1) is 0 Å². The number of hydrogen-bond acceptors (Lipinski definition) is 3. The summed E-state index contributed by atoms with van der Waals surface area (Å²) >= 11 is 0. The van der Waals surface area contributed by atoms with E-state index in [1.54, 1.807) is 0 Å². The molecule has 0 aliphatic carbocycles. The average Bonchev–Trinajstić information content (AvgIpc) is 2.38. The largest absolute Gasteiger partial charge is 0.481 e. The Bertz CT molecular complexity index is 461. The minimum Gasteiger partial charge on any atom is -0.481 e. The van der Waals surface area contributed by atoms with Gasteiger partial charge in [0, 0.05) is 18.8 Å². The van der Waals surface area contributed by atoms with Crippen LogP contribution in [-0.2, 0) is 11.3 Å². The lowest BCUT2D eigenvalue weighted by Gasteiger charge is -2.39. The minimum absolute atomic E-state index is 0.567. The lowest BCUT2D eigenvalue weighted by Crippen LogP contribution is -2.47. The minimum atomic E-state index is -0.656. The van der Waals surface area contributed by atoms with Gasteiger partial charge in [0.25, 0.3) is 0 Å². The summed E-state index contributed by atoms with van der Waals surface area (Å²) in [5.41, 5.74) is 1.47. The molecule has 0 aromatic carbocycles. The molecule has 4 heteroatoms. The topological polar surface area (TPSA) is 53.4 Å². The molecule has 1 atom stereocenters. The summed E-state index contributed by atoms with van der Waals surface area (Å²) in [7, 11) is 0. The molecule has 1 aromatic rings. The fraction of sp³-hybridized carbons (Fsp3) is 0.600. The number of hydrogen-bond donors (Lipinski definition) is 1. The van der Waals surface area contributed by atoms with Gasteiger partial charge in [-0.05, 0) is 44.9 Å². The van der Waals surface area contributed by atoms with Gasteiger partial charge in [0.1, 0.15) is 0 Å². The van der Waals surface area contributed by atoms with Gasteiger partial charge in [0.2, 0.25) is 0 Å². The van der Waals surface area contributed by atoms with Crippen LogP contribution in [0.1, 0.15) is 37.6 Å². The highest BCUT2D eigenvalue weighted by molar-refractivity contribution is 5.75. The van der Waals surface area contributed by atoms with E-state index in [0.29, 0.717) is 13.0 Å². The molecular formula is C15H22N2O2. The zero-order valence-corrected chi connectivity index (χ0v) is 11.7. The molecule has 104 valence electrons. The van der Waals surface area contributed by atoms with Gasteiger partial charge in [-0.3, -0.25) is 14.7 Å². The Morgan fingerprint density at radius 1 is 1.53 bits per heavy atom. The predicted octanol–water partition coefficient (Wildman–Crippen LogP) is 2.47. The van der Waals surface area contributed by atoms with Crippen LogP contribution in [0.3, 0.4) is 0 Å². The predicted molar refractivity (Wildman–Crippen MR) is 73.8 cm³/mol. The van der Waals surface area contributed by atoms with Crippen molar-refractivity contribution in [2.45, 2.75) is 39.7 Å². The highest BCUT2D eigenvalue weighted by Gasteiger charge is 2.40. The van der Waals surface area contributed by atoms with Gasteiger partial charge < -0.3 is 5.11 Å². The maximum Gasteiger partial charge on any atom is 0.310 e. The molecule has 2 heterocycles. The van der Waals surface area contributed by atoms with E-state index >= 15 is 0 Å². The Morgan fingerprint density at radius 3 is 2.95 bits per heavy atom. The Kier molecular flexibility index (Phi) is 4.20. The van der Waals surface area contributed by atoms with E-state index in [1.807, 2.05) is 32.0 Å². The average molecular weight is 262 g/mol. The van der Waals surface area contributed by atoms with Crippen molar-refractivity contribution in [2.75, 3.05) is 13.1 Å². The molecule has 1 saturated heterocycles. The maximum absolute atomic E-state index is 11.5. The van der Waals surface area contributed by atoms with Crippen LogP contribution in [0.2, 0.25) is 0 Å². The van der Waals surface area contributed by atoms with Crippen molar-refractivity contribution in [3.8, 4) is 0 Å². The Morgan fingerprint density at radius 2 is 2.32 bits per heavy atom. The van der Waals surface area contributed by atoms with Crippen LogP contribution in [0.5, 0.6) is 0 Å². The number of likely N-dealkylation sites (tertiary alicyclic amines) is 1. The lowest BCUT2D eigenvalue weighted by atomic mass is 9.77. The van der Waals surface area contributed by atoms with Crippen LogP contribution < -0.4 is 0 Å². The molecule has 19 heavy (non-hydrogen) atoms. The summed E-state index contributed by atoms with van der Waals surface area (Å²) in [4.78, 5) is 18.2. The molecule has 1 aliphatic rings. The first-order valence-electron chi connectivity index (χ1n) is 6.94. The molecule has 1 N–H and O–H groups in total. The van der Waals surface area contributed by atoms with Gasteiger partial charge in [-0.25, -0.2) is 0 Å². The molecule has 0 spiro atoms. The zero-order valence-electron chi connectivity index (χ0n) is 11.7. The number of rotatable bonds is 4. The molecule has 1 unspecified atom stereocenters. The molecule has 0 radical (unpaired) electrons. The second-order valence-corrected chi connectivity index (χ2v) is 5.52. The Labute approximate surface area is 114 Å². The van der Waals surface area contributed by atoms with Crippen molar-refractivity contribution in [2.24, 2.45) is 5.41 Å². The SMILES string of the molecule is CCC1(C(=O)O)CCCN(Cc2cccc(C)n2)C1. The molecule has 1 aromatic heterocycles. The summed E-state index contributed by atoms with van der Waals surface area (Å²) in [5.74, 6) is -0.656. The van der Waals surface area contributed by atoms with Gasteiger partial charge in [-0.1, -0.05) is 13.0 Å². The number of carboxylic acids is 1. The standard InChI is InChI=1S/C15H22N2O2/c1-3-15(14(18)19)8-5-9-17(11-15)10-13-7-4-6-12(2)16-13/h4,6-7H,3,5,8-11H2,1-2H3,(H,18,19). The molecule has 4 nitrogen and oxygen atoms in total. The van der Waals surface area contributed by atoms with Crippen LogP contribution >= 0.6 is 0 Å². The normalized spacial score (nSPS) is 24.3. The smallest absolute Gasteiger partial charge is 0.310 e. The van der Waals surface area contributed by atoms with Crippen LogP contribution in [0.25, 0.3) is 0 Å². The van der Waals surface area contributed by atoms with Gasteiger partial charge in [-0.2, -0.15) is 0 Å². The van der Waals surface area contributed by atoms with Crippen molar-refractivity contribution in [1.82, 2.24) is 9.88 Å². The number of carbonyl (C=O) groups is 1. The third-order valence-corrected chi connectivity index (χ3v) is 4.12. The first-order chi connectivity index (χ1) is 9.05. The molecule has 0 bridgehead atoms. The summed E-state index contributed by atoms with van der Waals surface area (Å²) in [5, 5.41) is 9.47. The Hall–Kier alpha value is -1.42. The number of piperidine rings is 1.